The van der Waals surface area contributed by atoms with Gasteiger partial charge in [-0.3, -0.25) is 23.5 Å². The molecule has 0 aliphatic rings. The van der Waals surface area contributed by atoms with Crippen molar-refractivity contribution in [3.63, 3.8) is 0 Å². The Morgan fingerprint density at radius 1 is 0.682 bits per heavy atom. The van der Waals surface area contributed by atoms with Crippen molar-refractivity contribution in [3.8, 4) is 5.75 Å². The van der Waals surface area contributed by atoms with E-state index in [0.717, 1.165) is 5.75 Å². The van der Waals surface area contributed by atoms with Crippen LogP contribution in [0.15, 0.2) is 54.6 Å². The molecule has 129 valence electrons. The Labute approximate surface area is 146 Å². The molecule has 0 heterocycles. The summed E-state index contributed by atoms with van der Waals surface area (Å²) in [4.78, 5) is 0. The van der Waals surface area contributed by atoms with Gasteiger partial charge in [-0.25, -0.2) is 0 Å². The van der Waals surface area contributed by atoms with Crippen molar-refractivity contribution in [2.24, 2.45) is 0 Å². The fraction of sp³-hybridized carbons (Fsp3) is 0.0769. The van der Waals surface area contributed by atoms with Gasteiger partial charge in [-0.1, -0.05) is 18.2 Å². The largest absolute Gasteiger partial charge is 1.00 e. The molecule has 22 heavy (non-hydrogen) atoms. The molecule has 3 radical (unpaired) electrons. The van der Waals surface area contributed by atoms with E-state index in [1.54, 1.807) is 7.11 Å². The number of hydrogen-bond acceptors (Lipinski definition) is 1. The first-order valence-electron chi connectivity index (χ1n) is 4.72. The van der Waals surface area contributed by atoms with Crippen molar-refractivity contribution in [2.45, 2.75) is 0 Å². The van der Waals surface area contributed by atoms with Crippen molar-refractivity contribution >= 4 is 18.0 Å². The maximum absolute atomic E-state index is 5.13. The van der Waals surface area contributed by atoms with Gasteiger partial charge in [0, 0.05) is 18.0 Å². The van der Waals surface area contributed by atoms with E-state index in [0.29, 0.717) is 0 Å². The molecule has 9 heteroatoms. The Morgan fingerprint density at radius 2 is 1.09 bits per heavy atom. The van der Waals surface area contributed by atoms with Crippen LogP contribution in [0.1, 0.15) is 0 Å². The van der Waals surface area contributed by atoms with Crippen molar-refractivity contribution < 1.29 is 54.2 Å². The zero-order chi connectivity index (χ0) is 10.5. The number of methoxy groups -OCH3 is 1. The summed E-state index contributed by atoms with van der Waals surface area (Å²) >= 11 is -0.0449. The minimum absolute atomic E-state index is 0. The molecule has 2 aromatic rings. The van der Waals surface area contributed by atoms with Crippen molar-refractivity contribution in [1.29, 1.82) is 0 Å². The van der Waals surface area contributed by atoms with Crippen molar-refractivity contribution in [3.05, 3.63) is 61.7 Å². The van der Waals surface area contributed by atoms with E-state index in [-0.39, 0.29) is 67.4 Å². The predicted molar refractivity (Wildman–Crippen MR) is 75.1 cm³/mol. The second kappa shape index (κ2) is 20.1. The van der Waals surface area contributed by atoms with E-state index >= 15 is 0 Å². The van der Waals surface area contributed by atoms with E-state index < -0.39 is 0 Å². The molecule has 0 saturated heterocycles. The third-order valence-corrected chi connectivity index (χ3v) is 4.68. The molecule has 0 aromatic heterocycles. The van der Waals surface area contributed by atoms with Gasteiger partial charge in [0.25, 0.3) is 0 Å². The van der Waals surface area contributed by atoms with E-state index in [1.165, 1.54) is 7.14 Å². The van der Waals surface area contributed by atoms with E-state index in [1.807, 2.05) is 12.1 Å². The molecule has 2 rings (SSSR count). The summed E-state index contributed by atoms with van der Waals surface area (Å²) in [5.41, 5.74) is 0. The van der Waals surface area contributed by atoms with Gasteiger partial charge in [-0.2, -0.15) is 0 Å². The Bertz CT molecular complexity index is 432. The molecule has 0 bridgehead atoms. The molecule has 0 N–H and O–H groups in total. The Hall–Kier alpha value is -0.892. The third kappa shape index (κ3) is 11.7. The molecule has 0 fully saturated rings. The first-order valence-corrected chi connectivity index (χ1v) is 6.88. The Kier molecular flexibility index (Phi) is 34.2. The van der Waals surface area contributed by atoms with Crippen LogP contribution in [0.3, 0.4) is 0 Å². The van der Waals surface area contributed by atoms with Gasteiger partial charge in [0.1, 0.15) is 5.75 Å². The van der Waals surface area contributed by atoms with Crippen molar-refractivity contribution in [2.75, 3.05) is 7.11 Å². The van der Waals surface area contributed by atoms with Crippen LogP contribution in [-0.4, -0.2) is 25.1 Å². The van der Waals surface area contributed by atoms with Gasteiger partial charge >= 0.3 is 21.2 Å². The van der Waals surface area contributed by atoms with Crippen LogP contribution in [0.5, 0.6) is 5.75 Å². The fourth-order valence-electron chi connectivity index (χ4n) is 1.24. The zero-order valence-electron chi connectivity index (χ0n) is 11.3. The van der Waals surface area contributed by atoms with Crippen LogP contribution in [-0.2, 0) is 0 Å². The van der Waals surface area contributed by atoms with Gasteiger partial charge in [0.2, 0.25) is 0 Å². The number of hydrogen-bond donors (Lipinski definition) is 0. The summed E-state index contributed by atoms with van der Waals surface area (Å²) < 4.78 is 7.99. The maximum atomic E-state index is 5.13. The predicted octanol–water partition coefficient (Wildman–Crippen LogP) is -2.79. The normalized spacial score (nSPS) is 6.77. The summed E-state index contributed by atoms with van der Waals surface area (Å²) in [5, 5.41) is 0. The molecule has 0 atom stereocenters. The van der Waals surface area contributed by atoms with Crippen molar-refractivity contribution in [1.82, 2.24) is 0 Å². The summed E-state index contributed by atoms with van der Waals surface area (Å²) in [6.45, 7) is 0. The zero-order valence-corrected chi connectivity index (χ0v) is 15.4. The SMILES string of the molecule is COc1ccc([I+]c2ccccc2)cc1.F.F.F.F.F.[As].[F-]. The van der Waals surface area contributed by atoms with Crippen LogP contribution in [0.25, 0.3) is 0 Å². The molecule has 0 aliphatic heterocycles. The number of rotatable bonds is 3. The van der Waals surface area contributed by atoms with E-state index in [9.17, 15) is 0 Å². The van der Waals surface area contributed by atoms with Gasteiger partial charge in [0.05, 0.1) is 7.11 Å². The molecule has 0 spiro atoms. The fourth-order valence-corrected chi connectivity index (χ4v) is 3.45. The van der Waals surface area contributed by atoms with Crippen LogP contribution in [0.2, 0.25) is 0 Å². The summed E-state index contributed by atoms with van der Waals surface area (Å²) in [5.74, 6) is 0.927. The molecule has 0 amide bonds. The Morgan fingerprint density at radius 3 is 1.50 bits per heavy atom. The average molecular weight is 505 g/mol. The van der Waals surface area contributed by atoms with Crippen LogP contribution >= 0.6 is 0 Å². The second-order valence-corrected chi connectivity index (χ2v) is 6.08. The van der Waals surface area contributed by atoms with Crippen LogP contribution in [0, 0.1) is 7.14 Å². The second-order valence-electron chi connectivity index (χ2n) is 3.05. The van der Waals surface area contributed by atoms with Gasteiger partial charge in [0.15, 0.2) is 7.14 Å². The van der Waals surface area contributed by atoms with Gasteiger partial charge < -0.3 is 9.44 Å². The standard InChI is InChI=1S/C13H12IO.As.6FH/c1-15-13-9-7-12(8-10-13)14-11-5-3-2-4-6-11;;;;;;;/h2-10H,1H3;;6*1H/q+1;;;;;;;/p-1. The number of halogens is 7. The van der Waals surface area contributed by atoms with Crippen LogP contribution in [0.4, 0.5) is 23.5 Å². The first kappa shape index (κ1) is 37.4. The molecule has 0 unspecified atom stereocenters. The molecule has 1 nitrogen and oxygen atoms in total. The summed E-state index contributed by atoms with van der Waals surface area (Å²) in [6.07, 6.45) is 0. The first-order chi connectivity index (χ1) is 7.38. The topological polar surface area (TPSA) is 9.23 Å². The smallest absolute Gasteiger partial charge is 0.357 e. The number of ether oxygens (including phenoxy) is 1. The summed E-state index contributed by atoms with van der Waals surface area (Å²) in [6, 6.07) is 19.0. The van der Waals surface area contributed by atoms with Gasteiger partial charge in [-0.05, 0) is 36.4 Å². The molecule has 0 saturated carbocycles. The number of benzene rings is 2. The minimum atomic E-state index is -0.0449. The third-order valence-electron chi connectivity index (χ3n) is 2.00. The molecular formula is C13H17AsF6IO. The van der Waals surface area contributed by atoms with Gasteiger partial charge in [-0.15, -0.1) is 0 Å². The molecule has 2 aromatic carbocycles. The maximum Gasteiger partial charge on any atom is 0.357 e. The van der Waals surface area contributed by atoms with E-state index in [4.69, 9.17) is 4.74 Å². The minimum Gasteiger partial charge on any atom is -1.00 e. The monoisotopic (exact) mass is 505 g/mol. The average Bonchev–Trinajstić information content (AvgIpc) is 2.31. The quantitative estimate of drug-likeness (QED) is 0.249. The van der Waals surface area contributed by atoms with Crippen LogP contribution < -0.4 is 30.6 Å². The van der Waals surface area contributed by atoms with E-state index in [2.05, 4.69) is 42.5 Å². The molecule has 0 aliphatic carbocycles. The Balaban J connectivity index is -0.0000000914. The summed E-state index contributed by atoms with van der Waals surface area (Å²) in [7, 11) is 1.70. The molecular weight excluding hydrogens is 488 g/mol.